The van der Waals surface area contributed by atoms with Crippen LogP contribution in [0.3, 0.4) is 0 Å². The standard InChI is InChI=1S/C46H47Cl2N5O4/c47-33-6-11-39(41(48)26-33)40-3-1-2-31-25-36(54)10-13-37(31)44(40)30-4-7-34(8-5-30)51-18-16-29(17-19-51)27-50-20-22-52(23-21-50)35-9-12-38-32(24-35)28-53(46(38)57)42-14-15-43(55)49-45(42)56/h4-13,24-26,29,42,54H,1-3,14-23,27-28H2,(H,49,55,56)/t42-/m0/s1. The van der Waals surface area contributed by atoms with Gasteiger partial charge in [-0.25, -0.2) is 0 Å². The summed E-state index contributed by atoms with van der Waals surface area (Å²) in [6, 6.07) is 26.0. The number of anilines is 2. The Labute approximate surface area is 343 Å². The van der Waals surface area contributed by atoms with E-state index in [4.69, 9.17) is 23.2 Å². The van der Waals surface area contributed by atoms with Crippen LogP contribution in [0.2, 0.25) is 10.0 Å². The van der Waals surface area contributed by atoms with Crippen LogP contribution in [0.4, 0.5) is 11.4 Å². The number of carbonyl (C=O) groups is 3. The molecule has 0 radical (unpaired) electrons. The first-order valence-electron chi connectivity index (χ1n) is 20.3. The van der Waals surface area contributed by atoms with Crippen molar-refractivity contribution >= 4 is 63.4 Å². The number of carbonyl (C=O) groups excluding carboxylic acids is 3. The van der Waals surface area contributed by atoms with Crippen LogP contribution in [0.15, 0.2) is 78.9 Å². The van der Waals surface area contributed by atoms with Crippen molar-refractivity contribution in [2.24, 2.45) is 5.92 Å². The first kappa shape index (κ1) is 37.7. The molecule has 9 rings (SSSR count). The molecule has 2 N–H and O–H groups in total. The van der Waals surface area contributed by atoms with E-state index in [1.807, 2.05) is 42.5 Å². The van der Waals surface area contributed by atoms with Crippen molar-refractivity contribution in [3.8, 4) is 5.75 Å². The van der Waals surface area contributed by atoms with Crippen molar-refractivity contribution < 1.29 is 19.5 Å². The molecule has 11 heteroatoms. The number of amides is 3. The molecule has 3 amide bonds. The number of phenolic OH excluding ortho intramolecular Hbond substituents is 1. The highest BCUT2D eigenvalue weighted by atomic mass is 35.5. The SMILES string of the molecule is O=C1CC[C@H](N2Cc3cc(N4CCN(CC5CCN(c6ccc(C7=C(c8ccc(Cl)cc8Cl)CCCc8cc(O)ccc87)cc6)CC5)CC4)ccc3C2=O)C(=O)N1. The number of phenols is 1. The van der Waals surface area contributed by atoms with Crippen LogP contribution in [-0.2, 0) is 22.6 Å². The fourth-order valence-corrected chi connectivity index (χ4v) is 10.2. The van der Waals surface area contributed by atoms with Gasteiger partial charge in [-0.2, -0.15) is 0 Å². The summed E-state index contributed by atoms with van der Waals surface area (Å²) in [5.74, 6) is 0.171. The van der Waals surface area contributed by atoms with E-state index in [-0.39, 0.29) is 24.1 Å². The monoisotopic (exact) mass is 803 g/mol. The van der Waals surface area contributed by atoms with E-state index in [0.717, 1.165) is 111 Å². The lowest BCUT2D eigenvalue weighted by Crippen LogP contribution is -2.52. The third-order valence-corrected chi connectivity index (χ3v) is 13.2. The van der Waals surface area contributed by atoms with Crippen LogP contribution in [0.1, 0.15) is 76.7 Å². The summed E-state index contributed by atoms with van der Waals surface area (Å²) in [6.45, 7) is 7.44. The third kappa shape index (κ3) is 7.65. The summed E-state index contributed by atoms with van der Waals surface area (Å²) in [5, 5.41) is 14.0. The Balaban J connectivity index is 0.810. The third-order valence-electron chi connectivity index (χ3n) is 12.7. The van der Waals surface area contributed by atoms with Crippen molar-refractivity contribution in [3.05, 3.63) is 122 Å². The van der Waals surface area contributed by atoms with E-state index in [2.05, 4.69) is 50.3 Å². The number of allylic oxidation sites excluding steroid dienone is 1. The van der Waals surface area contributed by atoms with Crippen LogP contribution in [0.25, 0.3) is 11.1 Å². The van der Waals surface area contributed by atoms with Crippen molar-refractivity contribution in [2.75, 3.05) is 55.6 Å². The van der Waals surface area contributed by atoms with Gasteiger partial charge in [0.25, 0.3) is 5.91 Å². The number of piperidine rings is 2. The number of fused-ring (bicyclic) bond motifs is 2. The van der Waals surface area contributed by atoms with E-state index >= 15 is 0 Å². The zero-order valence-electron chi connectivity index (χ0n) is 32.0. The molecule has 3 fully saturated rings. The normalized spacial score (nSPS) is 20.8. The van der Waals surface area contributed by atoms with Crippen LogP contribution >= 0.6 is 23.2 Å². The van der Waals surface area contributed by atoms with Crippen molar-refractivity contribution in [2.45, 2.75) is 57.5 Å². The molecule has 4 aromatic rings. The molecule has 1 atom stereocenters. The topological polar surface area (TPSA) is 96.4 Å². The fourth-order valence-electron chi connectivity index (χ4n) is 9.63. The number of hydrogen-bond acceptors (Lipinski definition) is 7. The molecule has 5 aliphatic rings. The number of rotatable bonds is 7. The maximum atomic E-state index is 13.2. The second-order valence-electron chi connectivity index (χ2n) is 16.2. The molecule has 0 unspecified atom stereocenters. The lowest BCUT2D eigenvalue weighted by Gasteiger charge is -2.40. The van der Waals surface area contributed by atoms with Crippen molar-refractivity contribution in [1.29, 1.82) is 0 Å². The minimum atomic E-state index is -0.595. The maximum Gasteiger partial charge on any atom is 0.255 e. The van der Waals surface area contributed by atoms with E-state index in [9.17, 15) is 19.5 Å². The van der Waals surface area contributed by atoms with Gasteiger partial charge in [-0.05, 0) is 138 Å². The number of aromatic hydroxyl groups is 1. The predicted molar refractivity (Wildman–Crippen MR) is 226 cm³/mol. The molecule has 294 valence electrons. The Morgan fingerprint density at radius 1 is 0.684 bits per heavy atom. The Bertz CT molecular complexity index is 2260. The summed E-state index contributed by atoms with van der Waals surface area (Å²) < 4.78 is 0. The van der Waals surface area contributed by atoms with Crippen molar-refractivity contribution in [1.82, 2.24) is 15.1 Å². The Morgan fingerprint density at radius 2 is 1.40 bits per heavy atom. The summed E-state index contributed by atoms with van der Waals surface area (Å²) >= 11 is 13.1. The zero-order chi connectivity index (χ0) is 39.2. The van der Waals surface area contributed by atoms with Gasteiger partial charge in [0.15, 0.2) is 0 Å². The van der Waals surface area contributed by atoms with Gasteiger partial charge in [0.2, 0.25) is 11.8 Å². The summed E-state index contributed by atoms with van der Waals surface area (Å²) in [5.41, 5.74) is 10.8. The Hall–Kier alpha value is -4.83. The van der Waals surface area contributed by atoms with Gasteiger partial charge in [-0.15, -0.1) is 0 Å². The lowest BCUT2D eigenvalue weighted by molar-refractivity contribution is -0.136. The molecule has 1 aliphatic carbocycles. The highest BCUT2D eigenvalue weighted by molar-refractivity contribution is 6.36. The molecule has 3 saturated heterocycles. The molecule has 9 nitrogen and oxygen atoms in total. The average Bonchev–Trinajstić information content (AvgIpc) is 3.41. The highest BCUT2D eigenvalue weighted by Gasteiger charge is 2.39. The first-order valence-corrected chi connectivity index (χ1v) is 21.1. The van der Waals surface area contributed by atoms with Crippen LogP contribution in [0, 0.1) is 5.92 Å². The van der Waals surface area contributed by atoms with Crippen LogP contribution in [-0.4, -0.2) is 84.5 Å². The number of imide groups is 1. The largest absolute Gasteiger partial charge is 0.508 e. The number of nitrogens with one attached hydrogen (secondary N) is 1. The molecule has 4 aliphatic heterocycles. The van der Waals surface area contributed by atoms with E-state index in [1.165, 1.54) is 16.8 Å². The van der Waals surface area contributed by atoms with Gasteiger partial charge < -0.3 is 19.8 Å². The predicted octanol–water partition coefficient (Wildman–Crippen LogP) is 7.79. The number of nitrogens with zero attached hydrogens (tertiary/aromatic N) is 4. The van der Waals surface area contributed by atoms with E-state index < -0.39 is 6.04 Å². The number of hydrogen-bond donors (Lipinski definition) is 2. The van der Waals surface area contributed by atoms with Gasteiger partial charge in [-0.1, -0.05) is 47.5 Å². The second kappa shape index (κ2) is 15.8. The smallest absolute Gasteiger partial charge is 0.255 e. The molecule has 0 aromatic heterocycles. The average molecular weight is 805 g/mol. The van der Waals surface area contributed by atoms with E-state index in [0.29, 0.717) is 40.2 Å². The van der Waals surface area contributed by atoms with E-state index in [1.54, 1.807) is 11.0 Å². The van der Waals surface area contributed by atoms with Gasteiger partial charge >= 0.3 is 0 Å². The minimum Gasteiger partial charge on any atom is -0.508 e. The Kier molecular flexibility index (Phi) is 10.5. The number of piperazine rings is 1. The minimum absolute atomic E-state index is 0.130. The first-order chi connectivity index (χ1) is 27.7. The molecule has 4 heterocycles. The van der Waals surface area contributed by atoms with Crippen molar-refractivity contribution in [3.63, 3.8) is 0 Å². The number of benzene rings is 4. The quantitative estimate of drug-likeness (QED) is 0.184. The highest BCUT2D eigenvalue weighted by Crippen LogP contribution is 2.43. The fraction of sp³-hybridized carbons (Fsp3) is 0.370. The molecular weight excluding hydrogens is 757 g/mol. The van der Waals surface area contributed by atoms with Gasteiger partial charge in [0, 0.05) is 85.8 Å². The van der Waals surface area contributed by atoms with Gasteiger partial charge in [-0.3, -0.25) is 24.6 Å². The summed E-state index contributed by atoms with van der Waals surface area (Å²) in [7, 11) is 0. The Morgan fingerprint density at radius 3 is 2.16 bits per heavy atom. The van der Waals surface area contributed by atoms with Gasteiger partial charge in [0.05, 0.1) is 0 Å². The van der Waals surface area contributed by atoms with Gasteiger partial charge in [0.1, 0.15) is 11.8 Å². The molecule has 0 spiro atoms. The zero-order valence-corrected chi connectivity index (χ0v) is 33.5. The second-order valence-corrected chi connectivity index (χ2v) is 17.0. The summed E-state index contributed by atoms with van der Waals surface area (Å²) in [4.78, 5) is 46.4. The number of halogens is 2. The lowest BCUT2D eigenvalue weighted by atomic mass is 9.87. The molecular formula is C46H47Cl2N5O4. The molecule has 0 bridgehead atoms. The molecule has 57 heavy (non-hydrogen) atoms. The molecule has 4 aromatic carbocycles. The number of aryl methyl sites for hydroxylation is 1. The maximum absolute atomic E-state index is 13.2. The molecule has 0 saturated carbocycles. The summed E-state index contributed by atoms with van der Waals surface area (Å²) in [6.07, 6.45) is 5.67. The van der Waals surface area contributed by atoms with Crippen LogP contribution in [0.5, 0.6) is 5.75 Å². The van der Waals surface area contributed by atoms with Crippen LogP contribution < -0.4 is 15.1 Å².